The van der Waals surface area contributed by atoms with Crippen LogP contribution in [0.2, 0.25) is 0 Å². The molecule has 0 unspecified atom stereocenters. The summed E-state index contributed by atoms with van der Waals surface area (Å²) in [4.78, 5) is 18.0. The summed E-state index contributed by atoms with van der Waals surface area (Å²) in [6.07, 6.45) is 2.03. The van der Waals surface area contributed by atoms with Gasteiger partial charge in [0.2, 0.25) is 5.95 Å². The van der Waals surface area contributed by atoms with Gasteiger partial charge in [-0.05, 0) is 43.4 Å². The number of halogens is 1. The second-order valence-corrected chi connectivity index (χ2v) is 6.99. The lowest BCUT2D eigenvalue weighted by Crippen LogP contribution is -2.27. The fraction of sp³-hybridized carbons (Fsp3) is 0.375. The van der Waals surface area contributed by atoms with E-state index < -0.39 is 0 Å². The van der Waals surface area contributed by atoms with Crippen molar-refractivity contribution in [1.29, 1.82) is 0 Å². The molecule has 0 radical (unpaired) electrons. The molecular formula is C16H20ClN7OS. The van der Waals surface area contributed by atoms with E-state index in [1.807, 2.05) is 17.5 Å². The lowest BCUT2D eigenvalue weighted by Gasteiger charge is -2.19. The molecule has 26 heavy (non-hydrogen) atoms. The molecule has 138 valence electrons. The molecule has 4 rings (SSSR count). The third-order valence-corrected chi connectivity index (χ3v) is 5.21. The first kappa shape index (κ1) is 18.6. The minimum absolute atomic E-state index is 0. The van der Waals surface area contributed by atoms with Crippen LogP contribution < -0.4 is 10.6 Å². The van der Waals surface area contributed by atoms with Crippen LogP contribution in [0.1, 0.15) is 35.1 Å². The molecule has 8 nitrogen and oxygen atoms in total. The van der Waals surface area contributed by atoms with Crippen LogP contribution in [0, 0.1) is 0 Å². The van der Waals surface area contributed by atoms with Gasteiger partial charge in [-0.25, -0.2) is 4.68 Å². The van der Waals surface area contributed by atoms with E-state index in [0.717, 1.165) is 42.3 Å². The van der Waals surface area contributed by atoms with Gasteiger partial charge in [-0.1, -0.05) is 6.07 Å². The maximum Gasteiger partial charge on any atom is 0.278 e. The molecule has 3 aromatic rings. The van der Waals surface area contributed by atoms with Gasteiger partial charge in [-0.2, -0.15) is 15.2 Å². The van der Waals surface area contributed by atoms with Crippen molar-refractivity contribution in [3.8, 4) is 10.6 Å². The number of thiophene rings is 1. The fourth-order valence-electron chi connectivity index (χ4n) is 2.93. The number of nitrogens with one attached hydrogen (secondary N) is 3. The van der Waals surface area contributed by atoms with E-state index in [-0.39, 0.29) is 18.3 Å². The molecule has 1 fully saturated rings. The summed E-state index contributed by atoms with van der Waals surface area (Å²) < 4.78 is 1.61. The molecule has 3 N–H and O–H groups in total. The predicted octanol–water partition coefficient (Wildman–Crippen LogP) is 2.41. The van der Waals surface area contributed by atoms with Crippen LogP contribution >= 0.6 is 23.7 Å². The monoisotopic (exact) mass is 393 g/mol. The summed E-state index contributed by atoms with van der Waals surface area (Å²) >= 11 is 1.59. The molecule has 0 spiro atoms. The van der Waals surface area contributed by atoms with Crippen molar-refractivity contribution in [2.75, 3.05) is 18.4 Å². The van der Waals surface area contributed by atoms with Crippen molar-refractivity contribution in [3.63, 3.8) is 0 Å². The quantitative estimate of drug-likeness (QED) is 0.632. The van der Waals surface area contributed by atoms with Crippen molar-refractivity contribution in [3.05, 3.63) is 35.1 Å². The van der Waals surface area contributed by atoms with E-state index in [4.69, 9.17) is 0 Å². The molecule has 3 aromatic heterocycles. The maximum atomic E-state index is 12.5. The van der Waals surface area contributed by atoms with Gasteiger partial charge in [0.05, 0.1) is 10.6 Å². The van der Waals surface area contributed by atoms with Gasteiger partial charge in [0.1, 0.15) is 0 Å². The van der Waals surface area contributed by atoms with Crippen molar-refractivity contribution < 1.29 is 4.79 Å². The molecular weight excluding hydrogens is 374 g/mol. The molecule has 0 bridgehead atoms. The second-order valence-electron chi connectivity index (χ2n) is 6.04. The van der Waals surface area contributed by atoms with Gasteiger partial charge >= 0.3 is 0 Å². The predicted molar refractivity (Wildman–Crippen MR) is 103 cm³/mol. The van der Waals surface area contributed by atoms with E-state index >= 15 is 0 Å². The molecule has 10 heteroatoms. The van der Waals surface area contributed by atoms with Crippen molar-refractivity contribution >= 4 is 35.6 Å². The van der Waals surface area contributed by atoms with Crippen LogP contribution in [0.4, 0.5) is 5.95 Å². The zero-order chi connectivity index (χ0) is 17.2. The van der Waals surface area contributed by atoms with Crippen LogP contribution in [-0.4, -0.2) is 44.0 Å². The number of amides is 1. The van der Waals surface area contributed by atoms with Gasteiger partial charge < -0.3 is 5.32 Å². The minimum atomic E-state index is -0.300. The number of carbonyl (C=O) groups excluding carboxylic acids is 1. The third-order valence-electron chi connectivity index (χ3n) is 4.31. The summed E-state index contributed by atoms with van der Waals surface area (Å²) in [5.41, 5.74) is 1.16. The van der Waals surface area contributed by atoms with Crippen molar-refractivity contribution in [1.82, 2.24) is 30.3 Å². The lowest BCUT2D eigenvalue weighted by atomic mass is 9.98. The summed E-state index contributed by atoms with van der Waals surface area (Å²) in [6.45, 7) is 1.95. The number of anilines is 1. The number of H-pyrrole nitrogens is 1. The number of aryl methyl sites for hydroxylation is 1. The Bertz CT molecular complexity index is 867. The second kappa shape index (κ2) is 7.98. The van der Waals surface area contributed by atoms with Gasteiger partial charge in [-0.3, -0.25) is 15.2 Å². The Morgan fingerprint density at radius 2 is 2.19 bits per heavy atom. The van der Waals surface area contributed by atoms with Crippen molar-refractivity contribution in [2.45, 2.75) is 18.8 Å². The van der Waals surface area contributed by atoms with Gasteiger partial charge in [0.15, 0.2) is 11.5 Å². The highest BCUT2D eigenvalue weighted by Gasteiger charge is 2.22. The van der Waals surface area contributed by atoms with Crippen LogP contribution in [-0.2, 0) is 7.05 Å². The minimum Gasteiger partial charge on any atom is -0.317 e. The lowest BCUT2D eigenvalue weighted by molar-refractivity contribution is 0.102. The van der Waals surface area contributed by atoms with Gasteiger partial charge in [-0.15, -0.1) is 23.7 Å². The molecule has 0 aromatic carbocycles. The van der Waals surface area contributed by atoms with E-state index in [0.29, 0.717) is 17.6 Å². The maximum absolute atomic E-state index is 12.5. The molecule has 1 saturated heterocycles. The Morgan fingerprint density at radius 1 is 1.38 bits per heavy atom. The zero-order valence-corrected chi connectivity index (χ0v) is 15.9. The highest BCUT2D eigenvalue weighted by Crippen LogP contribution is 2.24. The average molecular weight is 394 g/mol. The topological polar surface area (TPSA) is 101 Å². The number of nitrogens with zero attached hydrogens (tertiary/aromatic N) is 4. The number of hydrogen-bond donors (Lipinski definition) is 3. The van der Waals surface area contributed by atoms with E-state index in [1.54, 1.807) is 29.1 Å². The van der Waals surface area contributed by atoms with E-state index in [1.165, 1.54) is 0 Å². The summed E-state index contributed by atoms with van der Waals surface area (Å²) in [7, 11) is 1.79. The first-order valence-electron chi connectivity index (χ1n) is 8.23. The molecule has 0 saturated carbocycles. The van der Waals surface area contributed by atoms with E-state index in [9.17, 15) is 4.79 Å². The number of hydrogen-bond acceptors (Lipinski definition) is 6. The van der Waals surface area contributed by atoms with E-state index in [2.05, 4.69) is 30.9 Å². The molecule has 1 amide bonds. The Hall–Kier alpha value is -2.23. The smallest absolute Gasteiger partial charge is 0.278 e. The molecule has 4 heterocycles. The first-order valence-corrected chi connectivity index (χ1v) is 9.11. The fourth-order valence-corrected chi connectivity index (χ4v) is 3.62. The summed E-state index contributed by atoms with van der Waals surface area (Å²) in [5, 5.41) is 19.6. The highest BCUT2D eigenvalue weighted by molar-refractivity contribution is 7.13. The Balaban J connectivity index is 0.00000196. The van der Waals surface area contributed by atoms with Gasteiger partial charge in [0, 0.05) is 13.0 Å². The SMILES string of the molecule is Cl.Cn1nc(C2CCNCC2)nc1NC(=O)c1cc(-c2cccs2)[nH]n1. The number of carbonyl (C=O) groups is 1. The Kier molecular flexibility index (Phi) is 5.70. The first-order chi connectivity index (χ1) is 12.2. The number of piperidine rings is 1. The van der Waals surface area contributed by atoms with Crippen LogP contribution in [0.3, 0.4) is 0 Å². The number of rotatable bonds is 4. The standard InChI is InChI=1S/C16H19N7OS.ClH/c1-23-16(18-14(22-23)10-4-6-17-7-5-10)19-15(24)12-9-11(20-21-12)13-3-2-8-25-13;/h2-3,8-10,17H,4-7H2,1H3,(H,20,21)(H,18,19,22,24);1H. The molecule has 0 atom stereocenters. The molecule has 1 aliphatic heterocycles. The van der Waals surface area contributed by atoms with Crippen LogP contribution in [0.25, 0.3) is 10.6 Å². The average Bonchev–Trinajstić information content (AvgIpc) is 3.36. The molecule has 1 aliphatic rings. The normalized spacial score (nSPS) is 14.8. The third kappa shape index (κ3) is 3.79. The Morgan fingerprint density at radius 3 is 2.92 bits per heavy atom. The number of aromatic nitrogens is 5. The highest BCUT2D eigenvalue weighted by atomic mass is 35.5. The van der Waals surface area contributed by atoms with Gasteiger partial charge in [0.25, 0.3) is 5.91 Å². The largest absolute Gasteiger partial charge is 0.317 e. The van der Waals surface area contributed by atoms with Crippen LogP contribution in [0.15, 0.2) is 23.6 Å². The summed E-state index contributed by atoms with van der Waals surface area (Å²) in [5.74, 6) is 1.28. The number of aromatic amines is 1. The zero-order valence-electron chi connectivity index (χ0n) is 14.2. The van der Waals surface area contributed by atoms with Crippen LogP contribution in [0.5, 0.6) is 0 Å². The Labute approximate surface area is 160 Å². The van der Waals surface area contributed by atoms with Crippen molar-refractivity contribution in [2.24, 2.45) is 7.05 Å². The summed E-state index contributed by atoms with van der Waals surface area (Å²) in [6, 6.07) is 5.68. The molecule has 0 aliphatic carbocycles.